The molecule has 1 aliphatic heterocycles. The third-order valence-corrected chi connectivity index (χ3v) is 8.15. The number of hydrogen-bond donors (Lipinski definition) is 1. The zero-order chi connectivity index (χ0) is 27.3. The van der Waals surface area contributed by atoms with E-state index in [4.69, 9.17) is 0 Å². The summed E-state index contributed by atoms with van der Waals surface area (Å²) in [7, 11) is 0. The van der Waals surface area contributed by atoms with Gasteiger partial charge in [-0.3, -0.25) is 0 Å². The first-order chi connectivity index (χ1) is 19.5. The minimum atomic E-state index is -1.32. The maximum absolute atomic E-state index is 13.3. The Morgan fingerprint density at radius 3 is 2.17 bits per heavy atom. The minimum Gasteiger partial charge on any atom is -0.381 e. The van der Waals surface area contributed by atoms with Gasteiger partial charge in [-0.2, -0.15) is 5.10 Å². The fraction of sp³-hybridized carbons (Fsp3) is 0.290. The second-order valence-corrected chi connectivity index (χ2v) is 10.9. The molecule has 0 amide bonds. The SMILES string of the molecule is C[C@](O)(c1ccc(F)cc1)c1cnc(N2CCN(c3ncnn4cc(-c5ccc(C6CC6)cc5)cc34)CC2)nc1. The Bertz CT molecular complexity index is 1640. The van der Waals surface area contributed by atoms with Crippen molar-refractivity contribution in [1.82, 2.24) is 24.6 Å². The molecular weight excluding hydrogens is 505 g/mol. The summed E-state index contributed by atoms with van der Waals surface area (Å²) in [6.45, 7) is 4.67. The zero-order valence-corrected chi connectivity index (χ0v) is 22.3. The lowest BCUT2D eigenvalue weighted by Gasteiger charge is -2.35. The first-order valence-electron chi connectivity index (χ1n) is 13.7. The summed E-state index contributed by atoms with van der Waals surface area (Å²) in [6, 6.07) is 16.9. The molecule has 7 rings (SSSR count). The Labute approximate surface area is 231 Å². The van der Waals surface area contributed by atoms with Crippen LogP contribution in [0.25, 0.3) is 16.6 Å². The topological polar surface area (TPSA) is 82.7 Å². The molecule has 1 saturated heterocycles. The first-order valence-corrected chi connectivity index (χ1v) is 13.7. The molecule has 1 N–H and O–H groups in total. The van der Waals surface area contributed by atoms with Crippen molar-refractivity contribution in [3.63, 3.8) is 0 Å². The van der Waals surface area contributed by atoms with Gasteiger partial charge in [-0.25, -0.2) is 23.9 Å². The molecule has 0 bridgehead atoms. The normalized spacial score (nSPS) is 17.3. The van der Waals surface area contributed by atoms with Gasteiger partial charge in [0, 0.05) is 55.9 Å². The van der Waals surface area contributed by atoms with Crippen LogP contribution in [0.15, 0.2) is 79.5 Å². The molecule has 5 aromatic rings. The second-order valence-electron chi connectivity index (χ2n) is 10.9. The van der Waals surface area contributed by atoms with Gasteiger partial charge in [-0.15, -0.1) is 0 Å². The van der Waals surface area contributed by atoms with Crippen LogP contribution in [-0.4, -0.2) is 55.9 Å². The van der Waals surface area contributed by atoms with Crippen molar-refractivity contribution < 1.29 is 9.50 Å². The summed E-state index contributed by atoms with van der Waals surface area (Å²) in [5.41, 5.74) is 4.55. The van der Waals surface area contributed by atoms with Crippen molar-refractivity contribution in [2.75, 3.05) is 36.0 Å². The summed E-state index contributed by atoms with van der Waals surface area (Å²) in [5.74, 6) is 1.94. The maximum atomic E-state index is 13.3. The van der Waals surface area contributed by atoms with Crippen molar-refractivity contribution >= 4 is 17.3 Å². The van der Waals surface area contributed by atoms with E-state index < -0.39 is 5.60 Å². The number of nitrogens with zero attached hydrogens (tertiary/aromatic N) is 7. The van der Waals surface area contributed by atoms with Crippen molar-refractivity contribution in [2.24, 2.45) is 0 Å². The van der Waals surface area contributed by atoms with Crippen molar-refractivity contribution in [3.05, 3.63) is 102 Å². The molecule has 9 heteroatoms. The molecule has 40 heavy (non-hydrogen) atoms. The average Bonchev–Trinajstić information content (AvgIpc) is 3.75. The van der Waals surface area contributed by atoms with Crippen LogP contribution < -0.4 is 9.80 Å². The first kappa shape index (κ1) is 24.7. The van der Waals surface area contributed by atoms with Crippen LogP contribution in [0.1, 0.15) is 42.4 Å². The lowest BCUT2D eigenvalue weighted by atomic mass is 9.90. The van der Waals surface area contributed by atoms with Gasteiger partial charge >= 0.3 is 0 Å². The van der Waals surface area contributed by atoms with Crippen molar-refractivity contribution in [2.45, 2.75) is 31.3 Å². The fourth-order valence-electron chi connectivity index (χ4n) is 5.48. The van der Waals surface area contributed by atoms with Gasteiger partial charge in [0.1, 0.15) is 23.3 Å². The zero-order valence-electron chi connectivity index (χ0n) is 22.3. The smallest absolute Gasteiger partial charge is 0.225 e. The highest BCUT2D eigenvalue weighted by molar-refractivity contribution is 5.78. The lowest BCUT2D eigenvalue weighted by Crippen LogP contribution is -2.47. The second kappa shape index (κ2) is 9.67. The maximum Gasteiger partial charge on any atom is 0.225 e. The van der Waals surface area contributed by atoms with E-state index in [0.717, 1.165) is 49.0 Å². The molecule has 202 valence electrons. The Morgan fingerprint density at radius 1 is 0.825 bits per heavy atom. The lowest BCUT2D eigenvalue weighted by molar-refractivity contribution is 0.101. The van der Waals surface area contributed by atoms with E-state index in [1.54, 1.807) is 37.8 Å². The van der Waals surface area contributed by atoms with Crippen LogP contribution in [-0.2, 0) is 5.60 Å². The number of aromatic nitrogens is 5. The Balaban J connectivity index is 1.05. The molecule has 0 radical (unpaired) electrons. The molecular formula is C31H30FN7O. The van der Waals surface area contributed by atoms with Crippen LogP contribution in [0, 0.1) is 5.82 Å². The Kier molecular flexibility index (Phi) is 5.96. The number of anilines is 2. The van der Waals surface area contributed by atoms with Crippen LogP contribution >= 0.6 is 0 Å². The number of benzene rings is 2. The molecule has 2 aromatic carbocycles. The Morgan fingerprint density at radius 2 is 1.50 bits per heavy atom. The molecule has 2 fully saturated rings. The molecule has 1 saturated carbocycles. The van der Waals surface area contributed by atoms with Crippen LogP contribution in [0.3, 0.4) is 0 Å². The van der Waals surface area contributed by atoms with E-state index in [9.17, 15) is 9.50 Å². The number of hydrogen-bond acceptors (Lipinski definition) is 7. The molecule has 2 aliphatic rings. The minimum absolute atomic E-state index is 0.344. The van der Waals surface area contributed by atoms with E-state index in [1.807, 2.05) is 4.52 Å². The van der Waals surface area contributed by atoms with Crippen molar-refractivity contribution in [1.29, 1.82) is 0 Å². The summed E-state index contributed by atoms with van der Waals surface area (Å²) < 4.78 is 15.2. The van der Waals surface area contributed by atoms with Crippen molar-refractivity contribution in [3.8, 4) is 11.1 Å². The molecule has 1 aliphatic carbocycles. The Hall–Kier alpha value is -4.37. The third-order valence-electron chi connectivity index (χ3n) is 8.15. The monoisotopic (exact) mass is 535 g/mol. The van der Waals surface area contributed by atoms with Gasteiger partial charge in [0.25, 0.3) is 0 Å². The number of rotatable bonds is 6. The molecule has 8 nitrogen and oxygen atoms in total. The molecule has 3 aromatic heterocycles. The fourth-order valence-corrected chi connectivity index (χ4v) is 5.48. The highest BCUT2D eigenvalue weighted by Gasteiger charge is 2.28. The highest BCUT2D eigenvalue weighted by Crippen LogP contribution is 2.40. The van der Waals surface area contributed by atoms with Gasteiger partial charge in [-0.1, -0.05) is 36.4 Å². The van der Waals surface area contributed by atoms with Crippen LogP contribution in [0.5, 0.6) is 0 Å². The standard InChI is InChI=1S/C31H30FN7O/c1-31(40,25-8-10-27(32)11-9-25)26-17-33-30(34-18-26)38-14-12-37(13-15-38)29-28-16-24(19-39(28)36-20-35-29)23-6-4-22(5-7-23)21-2-3-21/h4-11,16-21,40H,2-3,12-15H2,1H3/t31-/m0/s1. The number of fused-ring (bicyclic) bond motifs is 1. The van der Waals surface area contributed by atoms with E-state index in [0.29, 0.717) is 17.1 Å². The molecule has 0 spiro atoms. The van der Waals surface area contributed by atoms with Gasteiger partial charge in [0.05, 0.1) is 0 Å². The molecule has 4 heterocycles. The van der Waals surface area contributed by atoms with E-state index >= 15 is 0 Å². The summed E-state index contributed by atoms with van der Waals surface area (Å²) in [4.78, 5) is 18.2. The predicted octanol–water partition coefficient (Wildman–Crippen LogP) is 4.79. The average molecular weight is 536 g/mol. The van der Waals surface area contributed by atoms with Crippen LogP contribution in [0.2, 0.25) is 0 Å². The van der Waals surface area contributed by atoms with Gasteiger partial charge < -0.3 is 14.9 Å². The largest absolute Gasteiger partial charge is 0.381 e. The highest BCUT2D eigenvalue weighted by atomic mass is 19.1. The number of piperazine rings is 1. The number of halogens is 1. The van der Waals surface area contributed by atoms with Gasteiger partial charge in [0.15, 0.2) is 5.82 Å². The van der Waals surface area contributed by atoms with E-state index in [1.165, 1.54) is 36.1 Å². The van der Waals surface area contributed by atoms with E-state index in [2.05, 4.69) is 66.4 Å². The van der Waals surface area contributed by atoms with Gasteiger partial charge in [0.2, 0.25) is 5.95 Å². The number of aliphatic hydroxyl groups is 1. The molecule has 0 unspecified atom stereocenters. The summed E-state index contributed by atoms with van der Waals surface area (Å²) in [6.07, 6.45) is 9.58. The molecule has 1 atom stereocenters. The summed E-state index contributed by atoms with van der Waals surface area (Å²) in [5, 5.41) is 15.5. The quantitative estimate of drug-likeness (QED) is 0.335. The third kappa shape index (κ3) is 4.56. The predicted molar refractivity (Wildman–Crippen MR) is 152 cm³/mol. The van der Waals surface area contributed by atoms with Gasteiger partial charge in [-0.05, 0) is 60.6 Å². The van der Waals surface area contributed by atoms with E-state index in [-0.39, 0.29) is 5.82 Å². The van der Waals surface area contributed by atoms with Crippen LogP contribution in [0.4, 0.5) is 16.2 Å². The summed E-state index contributed by atoms with van der Waals surface area (Å²) >= 11 is 0.